The number of nitrogens with zero attached hydrogens (tertiary/aromatic N) is 2. The van der Waals surface area contributed by atoms with Crippen LogP contribution in [0.2, 0.25) is 0 Å². The van der Waals surface area contributed by atoms with Gasteiger partial charge in [0.15, 0.2) is 0 Å². The van der Waals surface area contributed by atoms with E-state index < -0.39 is 16.2 Å². The van der Waals surface area contributed by atoms with Crippen molar-refractivity contribution >= 4 is 27.4 Å². The number of hydrogen-bond donors (Lipinski definition) is 2. The zero-order valence-corrected chi connectivity index (χ0v) is 10.3. The summed E-state index contributed by atoms with van der Waals surface area (Å²) in [6, 6.07) is 4.34. The molecule has 0 aliphatic carbocycles. The molecular formula is C10H11N3O4S. The molecule has 1 heterocycles. The van der Waals surface area contributed by atoms with E-state index in [2.05, 4.69) is 5.10 Å². The Bertz CT molecular complexity index is 621. The summed E-state index contributed by atoms with van der Waals surface area (Å²) < 4.78 is 30.5. The first-order valence-electron chi connectivity index (χ1n) is 5.03. The monoisotopic (exact) mass is 269 g/mol. The minimum absolute atomic E-state index is 0.247. The highest BCUT2D eigenvalue weighted by atomic mass is 32.2. The molecule has 0 saturated carbocycles. The number of benzene rings is 1. The highest BCUT2D eigenvalue weighted by molar-refractivity contribution is 7.85. The van der Waals surface area contributed by atoms with E-state index in [1.807, 2.05) is 0 Å². The molecular weight excluding hydrogens is 258 g/mol. The summed E-state index contributed by atoms with van der Waals surface area (Å²) in [7, 11) is -4.24. The molecule has 96 valence electrons. The molecule has 1 unspecified atom stereocenters. The van der Waals surface area contributed by atoms with Gasteiger partial charge in [-0.1, -0.05) is 0 Å². The Morgan fingerprint density at radius 2 is 1.89 bits per heavy atom. The minimum Gasteiger partial charge on any atom is -0.315 e. The molecule has 18 heavy (non-hydrogen) atoms. The van der Waals surface area contributed by atoms with E-state index in [9.17, 15) is 13.2 Å². The van der Waals surface area contributed by atoms with Crippen LogP contribution < -0.4 is 10.7 Å². The Balaban J connectivity index is 2.35. The molecule has 1 aliphatic rings. The number of anilines is 1. The second-order valence-electron chi connectivity index (χ2n) is 3.84. The van der Waals surface area contributed by atoms with Crippen LogP contribution in [0.3, 0.4) is 0 Å². The Morgan fingerprint density at radius 1 is 1.33 bits per heavy atom. The Labute approximate surface area is 104 Å². The van der Waals surface area contributed by atoms with Crippen molar-refractivity contribution in [3.63, 3.8) is 0 Å². The summed E-state index contributed by atoms with van der Waals surface area (Å²) in [5.41, 5.74) is 6.46. The number of amides is 1. The average molecular weight is 269 g/mol. The molecule has 8 heteroatoms. The lowest BCUT2D eigenvalue weighted by molar-refractivity contribution is -0.117. The van der Waals surface area contributed by atoms with Crippen molar-refractivity contribution in [2.75, 3.05) is 5.01 Å². The van der Waals surface area contributed by atoms with Crippen molar-refractivity contribution in [1.29, 1.82) is 0 Å². The van der Waals surface area contributed by atoms with Crippen molar-refractivity contribution in [3.8, 4) is 0 Å². The molecule has 0 radical (unpaired) electrons. The van der Waals surface area contributed by atoms with Gasteiger partial charge < -0.3 is 5.73 Å². The number of hydrazone groups is 1. The highest BCUT2D eigenvalue weighted by Gasteiger charge is 2.31. The number of nitrogens with two attached hydrogens (primary N) is 1. The first-order chi connectivity index (χ1) is 8.30. The lowest BCUT2D eigenvalue weighted by Gasteiger charge is -2.12. The SMILES string of the molecule is CC1=NN(c2ccc(S(=O)(=O)O)cc2)C(=O)C1N. The predicted molar refractivity (Wildman–Crippen MR) is 64.8 cm³/mol. The number of carbonyl (C=O) groups excluding carboxylic acids is 1. The molecule has 1 amide bonds. The molecule has 0 saturated heterocycles. The second-order valence-corrected chi connectivity index (χ2v) is 5.26. The number of hydrogen-bond acceptors (Lipinski definition) is 5. The van der Waals surface area contributed by atoms with Gasteiger partial charge in [0, 0.05) is 0 Å². The van der Waals surface area contributed by atoms with Gasteiger partial charge in [0.2, 0.25) is 0 Å². The van der Waals surface area contributed by atoms with Crippen LogP contribution in [0.25, 0.3) is 0 Å². The molecule has 3 N–H and O–H groups in total. The van der Waals surface area contributed by atoms with Crippen molar-refractivity contribution in [2.24, 2.45) is 10.8 Å². The zero-order chi connectivity index (χ0) is 13.5. The van der Waals surface area contributed by atoms with E-state index in [1.54, 1.807) is 6.92 Å². The van der Waals surface area contributed by atoms with Crippen molar-refractivity contribution in [1.82, 2.24) is 0 Å². The maximum atomic E-state index is 11.7. The molecule has 1 aliphatic heterocycles. The van der Waals surface area contributed by atoms with Crippen LogP contribution in [-0.2, 0) is 14.9 Å². The lowest BCUT2D eigenvalue weighted by Crippen LogP contribution is -2.38. The Hall–Kier alpha value is -1.77. The topological polar surface area (TPSA) is 113 Å². The standard InChI is InChI=1S/C10H11N3O4S/c1-6-9(11)10(14)13(12-6)7-2-4-8(5-3-7)18(15,16)17/h2-5,9H,11H2,1H3,(H,15,16,17). The largest absolute Gasteiger partial charge is 0.315 e. The molecule has 7 nitrogen and oxygen atoms in total. The third-order valence-electron chi connectivity index (χ3n) is 2.56. The molecule has 1 atom stereocenters. The highest BCUT2D eigenvalue weighted by Crippen LogP contribution is 2.22. The summed E-state index contributed by atoms with van der Waals surface area (Å²) in [6.45, 7) is 1.63. The van der Waals surface area contributed by atoms with Gasteiger partial charge in [-0.05, 0) is 31.2 Å². The Kier molecular flexibility index (Phi) is 2.93. The van der Waals surface area contributed by atoms with Crippen molar-refractivity contribution in [3.05, 3.63) is 24.3 Å². The van der Waals surface area contributed by atoms with E-state index >= 15 is 0 Å². The first kappa shape index (κ1) is 12.7. The van der Waals surface area contributed by atoms with E-state index in [1.165, 1.54) is 24.3 Å². The van der Waals surface area contributed by atoms with Gasteiger partial charge in [0.05, 0.1) is 16.3 Å². The zero-order valence-electron chi connectivity index (χ0n) is 9.44. The normalized spacial score (nSPS) is 20.2. The third kappa shape index (κ3) is 2.13. The maximum Gasteiger partial charge on any atom is 0.294 e. The fourth-order valence-corrected chi connectivity index (χ4v) is 2.00. The maximum absolute atomic E-state index is 11.7. The van der Waals surface area contributed by atoms with Crippen LogP contribution in [0, 0.1) is 0 Å². The van der Waals surface area contributed by atoms with E-state index in [-0.39, 0.29) is 10.8 Å². The Morgan fingerprint density at radius 3 is 2.28 bits per heavy atom. The summed E-state index contributed by atoms with van der Waals surface area (Å²) in [6.07, 6.45) is 0. The fourth-order valence-electron chi connectivity index (χ4n) is 1.52. The van der Waals surface area contributed by atoms with E-state index in [0.717, 1.165) is 5.01 Å². The van der Waals surface area contributed by atoms with Crippen LogP contribution in [0.5, 0.6) is 0 Å². The van der Waals surface area contributed by atoms with Crippen LogP contribution in [0.4, 0.5) is 5.69 Å². The quantitative estimate of drug-likeness (QED) is 0.733. The van der Waals surface area contributed by atoms with Gasteiger partial charge in [-0.2, -0.15) is 18.5 Å². The molecule has 1 aromatic rings. The second kappa shape index (κ2) is 4.16. The van der Waals surface area contributed by atoms with Gasteiger partial charge in [-0.15, -0.1) is 0 Å². The number of carbonyl (C=O) groups is 1. The first-order valence-corrected chi connectivity index (χ1v) is 6.47. The molecule has 1 aromatic carbocycles. The minimum atomic E-state index is -4.24. The van der Waals surface area contributed by atoms with Gasteiger partial charge in [0.25, 0.3) is 16.0 Å². The van der Waals surface area contributed by atoms with Gasteiger partial charge >= 0.3 is 0 Å². The van der Waals surface area contributed by atoms with Crippen molar-refractivity contribution < 1.29 is 17.8 Å². The van der Waals surface area contributed by atoms with E-state index in [4.69, 9.17) is 10.3 Å². The van der Waals surface area contributed by atoms with Crippen LogP contribution in [0.15, 0.2) is 34.3 Å². The van der Waals surface area contributed by atoms with Gasteiger partial charge in [-0.25, -0.2) is 0 Å². The average Bonchev–Trinajstić information content (AvgIpc) is 2.56. The number of rotatable bonds is 2. The fraction of sp³-hybridized carbons (Fsp3) is 0.200. The van der Waals surface area contributed by atoms with Gasteiger partial charge in [0.1, 0.15) is 6.04 Å². The summed E-state index contributed by atoms with van der Waals surface area (Å²) in [5, 5.41) is 5.08. The summed E-state index contributed by atoms with van der Waals surface area (Å²) >= 11 is 0. The molecule has 0 spiro atoms. The molecule has 0 aromatic heterocycles. The van der Waals surface area contributed by atoms with E-state index in [0.29, 0.717) is 11.4 Å². The van der Waals surface area contributed by atoms with Crippen LogP contribution in [-0.4, -0.2) is 30.6 Å². The lowest BCUT2D eigenvalue weighted by atomic mass is 10.2. The van der Waals surface area contributed by atoms with Crippen LogP contribution >= 0.6 is 0 Å². The molecule has 0 fully saturated rings. The van der Waals surface area contributed by atoms with Crippen molar-refractivity contribution in [2.45, 2.75) is 17.9 Å². The smallest absolute Gasteiger partial charge is 0.294 e. The summed E-state index contributed by atoms with van der Waals surface area (Å²) in [5.74, 6) is -0.382. The van der Waals surface area contributed by atoms with Gasteiger partial charge in [-0.3, -0.25) is 9.35 Å². The summed E-state index contributed by atoms with van der Waals surface area (Å²) in [4.78, 5) is 11.5. The third-order valence-corrected chi connectivity index (χ3v) is 3.43. The molecule has 0 bridgehead atoms. The molecule has 2 rings (SSSR count). The van der Waals surface area contributed by atoms with Crippen LogP contribution in [0.1, 0.15) is 6.92 Å². The predicted octanol–water partition coefficient (Wildman–Crippen LogP) is -0.0169.